The first-order valence-corrected chi connectivity index (χ1v) is 3.07. The topological polar surface area (TPSA) is 22.4 Å². The molecule has 0 fully saturated rings. The van der Waals surface area contributed by atoms with Crippen LogP contribution in [0.2, 0.25) is 0 Å². The standard InChI is InChI=1S/C8H7FO2/c1-2-5-10-8-4-3-7(6-9)11-8/h1,3-4H,5-6H2. The third-order valence-electron chi connectivity index (χ3n) is 1.07. The summed E-state index contributed by atoms with van der Waals surface area (Å²) < 4.78 is 21.6. The predicted molar refractivity (Wildman–Crippen MR) is 37.8 cm³/mol. The monoisotopic (exact) mass is 154 g/mol. The first kappa shape index (κ1) is 7.67. The molecule has 1 aromatic heterocycles. The normalized spacial score (nSPS) is 9.09. The average Bonchev–Trinajstić information content (AvgIpc) is 2.48. The van der Waals surface area contributed by atoms with Gasteiger partial charge in [-0.05, 0) is 6.07 Å². The average molecular weight is 154 g/mol. The third-order valence-corrected chi connectivity index (χ3v) is 1.07. The molecular formula is C8H7FO2. The van der Waals surface area contributed by atoms with E-state index < -0.39 is 6.67 Å². The summed E-state index contributed by atoms with van der Waals surface area (Å²) in [5, 5.41) is 0. The van der Waals surface area contributed by atoms with Crippen molar-refractivity contribution < 1.29 is 13.5 Å². The molecule has 0 unspecified atom stereocenters. The maximum atomic E-state index is 11.9. The molecule has 0 amide bonds. The van der Waals surface area contributed by atoms with Crippen LogP contribution in [0.5, 0.6) is 5.95 Å². The zero-order chi connectivity index (χ0) is 8.10. The fourth-order valence-electron chi connectivity index (χ4n) is 0.620. The van der Waals surface area contributed by atoms with E-state index in [1.54, 1.807) is 0 Å². The van der Waals surface area contributed by atoms with Gasteiger partial charge in [-0.1, -0.05) is 5.92 Å². The molecule has 58 valence electrons. The highest BCUT2D eigenvalue weighted by atomic mass is 19.1. The van der Waals surface area contributed by atoms with Crippen molar-refractivity contribution in [3.05, 3.63) is 17.9 Å². The molecular weight excluding hydrogens is 147 g/mol. The van der Waals surface area contributed by atoms with E-state index in [1.165, 1.54) is 12.1 Å². The number of alkyl halides is 1. The van der Waals surface area contributed by atoms with Crippen LogP contribution < -0.4 is 4.74 Å². The largest absolute Gasteiger partial charge is 0.452 e. The molecule has 0 spiro atoms. The van der Waals surface area contributed by atoms with E-state index in [4.69, 9.17) is 15.6 Å². The Morgan fingerprint density at radius 1 is 1.64 bits per heavy atom. The van der Waals surface area contributed by atoms with Crippen molar-refractivity contribution in [2.75, 3.05) is 6.61 Å². The Kier molecular flexibility index (Phi) is 2.56. The van der Waals surface area contributed by atoms with Crippen LogP contribution in [-0.4, -0.2) is 6.61 Å². The molecule has 0 N–H and O–H groups in total. The molecule has 1 aromatic rings. The lowest BCUT2D eigenvalue weighted by Crippen LogP contribution is -1.90. The van der Waals surface area contributed by atoms with Gasteiger partial charge in [0.05, 0.1) is 0 Å². The van der Waals surface area contributed by atoms with Gasteiger partial charge < -0.3 is 9.15 Å². The van der Waals surface area contributed by atoms with Crippen molar-refractivity contribution in [1.82, 2.24) is 0 Å². The Morgan fingerprint density at radius 3 is 3.00 bits per heavy atom. The van der Waals surface area contributed by atoms with Crippen LogP contribution in [0.15, 0.2) is 16.5 Å². The molecule has 2 nitrogen and oxygen atoms in total. The minimum absolute atomic E-state index is 0.138. The van der Waals surface area contributed by atoms with Gasteiger partial charge in [0.15, 0.2) is 6.61 Å². The summed E-state index contributed by atoms with van der Waals surface area (Å²) in [6.07, 6.45) is 4.92. The number of furan rings is 1. The summed E-state index contributed by atoms with van der Waals surface area (Å²) in [4.78, 5) is 0. The first-order chi connectivity index (χ1) is 5.36. The molecule has 0 bridgehead atoms. The summed E-state index contributed by atoms with van der Waals surface area (Å²) in [5.74, 6) is 2.77. The van der Waals surface area contributed by atoms with Gasteiger partial charge in [0.25, 0.3) is 5.95 Å². The fourth-order valence-corrected chi connectivity index (χ4v) is 0.620. The minimum atomic E-state index is -0.626. The van der Waals surface area contributed by atoms with Crippen molar-refractivity contribution in [3.63, 3.8) is 0 Å². The van der Waals surface area contributed by atoms with E-state index in [2.05, 4.69) is 5.92 Å². The number of hydrogen-bond donors (Lipinski definition) is 0. The Hall–Kier alpha value is -1.43. The Morgan fingerprint density at radius 2 is 2.45 bits per heavy atom. The summed E-state index contributed by atoms with van der Waals surface area (Å²) >= 11 is 0. The number of halogens is 1. The fraction of sp³-hybridized carbons (Fsp3) is 0.250. The van der Waals surface area contributed by atoms with Gasteiger partial charge in [0.1, 0.15) is 12.4 Å². The molecule has 0 aliphatic rings. The molecule has 0 radical (unpaired) electrons. The van der Waals surface area contributed by atoms with Crippen molar-refractivity contribution in [3.8, 4) is 18.3 Å². The van der Waals surface area contributed by atoms with Crippen LogP contribution in [0.25, 0.3) is 0 Å². The lowest BCUT2D eigenvalue weighted by Gasteiger charge is -1.93. The van der Waals surface area contributed by atoms with Crippen molar-refractivity contribution >= 4 is 0 Å². The van der Waals surface area contributed by atoms with E-state index in [0.29, 0.717) is 0 Å². The van der Waals surface area contributed by atoms with E-state index in [0.717, 1.165) is 0 Å². The maximum Gasteiger partial charge on any atom is 0.285 e. The molecule has 11 heavy (non-hydrogen) atoms. The molecule has 0 saturated carbocycles. The zero-order valence-corrected chi connectivity index (χ0v) is 5.84. The molecule has 3 heteroatoms. The predicted octanol–water partition coefficient (Wildman–Crippen LogP) is 1.76. The zero-order valence-electron chi connectivity index (χ0n) is 5.84. The minimum Gasteiger partial charge on any atom is -0.452 e. The van der Waals surface area contributed by atoms with Crippen LogP contribution >= 0.6 is 0 Å². The second-order valence-corrected chi connectivity index (χ2v) is 1.85. The third kappa shape index (κ3) is 2.01. The molecule has 0 aliphatic heterocycles. The van der Waals surface area contributed by atoms with Crippen molar-refractivity contribution in [1.29, 1.82) is 0 Å². The van der Waals surface area contributed by atoms with Gasteiger partial charge in [-0.2, -0.15) is 0 Å². The van der Waals surface area contributed by atoms with Gasteiger partial charge in [-0.3, -0.25) is 0 Å². The summed E-state index contributed by atoms with van der Waals surface area (Å²) in [5.41, 5.74) is 0. The highest BCUT2D eigenvalue weighted by molar-refractivity contribution is 5.11. The molecule has 0 aromatic carbocycles. The molecule has 1 heterocycles. The quantitative estimate of drug-likeness (QED) is 0.619. The summed E-state index contributed by atoms with van der Waals surface area (Å²) in [6.45, 7) is -0.487. The highest BCUT2D eigenvalue weighted by Gasteiger charge is 2.00. The van der Waals surface area contributed by atoms with Gasteiger partial charge in [-0.15, -0.1) is 6.42 Å². The van der Waals surface area contributed by atoms with Gasteiger partial charge in [0, 0.05) is 6.07 Å². The second-order valence-electron chi connectivity index (χ2n) is 1.85. The summed E-state index contributed by atoms with van der Waals surface area (Å²) in [7, 11) is 0. The van der Waals surface area contributed by atoms with Crippen LogP contribution in [-0.2, 0) is 6.67 Å². The van der Waals surface area contributed by atoms with Crippen LogP contribution in [0, 0.1) is 12.3 Å². The number of ether oxygens (including phenoxy) is 1. The first-order valence-electron chi connectivity index (χ1n) is 3.07. The SMILES string of the molecule is C#CCOc1ccc(CF)o1. The van der Waals surface area contributed by atoms with Crippen molar-refractivity contribution in [2.24, 2.45) is 0 Å². The van der Waals surface area contributed by atoms with Crippen LogP contribution in [0.3, 0.4) is 0 Å². The van der Waals surface area contributed by atoms with E-state index in [9.17, 15) is 4.39 Å². The Bertz CT molecular complexity index is 259. The van der Waals surface area contributed by atoms with Gasteiger partial charge in [0.2, 0.25) is 0 Å². The Labute approximate surface area is 64.0 Å². The van der Waals surface area contributed by atoms with Crippen LogP contribution in [0.1, 0.15) is 5.76 Å². The summed E-state index contributed by atoms with van der Waals surface area (Å²) in [6, 6.07) is 3.04. The van der Waals surface area contributed by atoms with Gasteiger partial charge >= 0.3 is 0 Å². The lowest BCUT2D eigenvalue weighted by molar-refractivity contribution is 0.258. The second kappa shape index (κ2) is 3.67. The van der Waals surface area contributed by atoms with E-state index in [1.807, 2.05) is 0 Å². The highest BCUT2D eigenvalue weighted by Crippen LogP contribution is 2.15. The lowest BCUT2D eigenvalue weighted by atomic mass is 10.5. The molecule has 0 saturated heterocycles. The number of hydrogen-bond acceptors (Lipinski definition) is 2. The maximum absolute atomic E-state index is 11.9. The Balaban J connectivity index is 2.53. The number of rotatable bonds is 3. The van der Waals surface area contributed by atoms with Crippen LogP contribution in [0.4, 0.5) is 4.39 Å². The smallest absolute Gasteiger partial charge is 0.285 e. The van der Waals surface area contributed by atoms with Crippen molar-refractivity contribution in [2.45, 2.75) is 6.67 Å². The molecule has 0 aliphatic carbocycles. The molecule has 1 rings (SSSR count). The molecule has 0 atom stereocenters. The van der Waals surface area contributed by atoms with Gasteiger partial charge in [-0.25, -0.2) is 4.39 Å². The van der Waals surface area contributed by atoms with E-state index >= 15 is 0 Å². The van der Waals surface area contributed by atoms with E-state index in [-0.39, 0.29) is 18.3 Å². The number of terminal acetylenes is 1.